The first-order valence-corrected chi connectivity index (χ1v) is 36.8. The number of carbonyl (C=O) groups excluding carboxylic acids is 2. The first-order valence-electron chi connectivity index (χ1n) is 36.8. The Labute approximate surface area is 615 Å². The lowest BCUT2D eigenvalue weighted by Crippen LogP contribution is -2.34. The van der Waals surface area contributed by atoms with Crippen molar-refractivity contribution in [3.8, 4) is 23.0 Å². The molecule has 104 heavy (non-hydrogen) atoms. The number of carbonyl (C=O) groups is 3. The van der Waals surface area contributed by atoms with Gasteiger partial charge in [0.15, 0.2) is 30.9 Å². The van der Waals surface area contributed by atoms with E-state index in [2.05, 4.69) is 13.8 Å². The zero-order chi connectivity index (χ0) is 76.6. The van der Waals surface area contributed by atoms with Crippen molar-refractivity contribution in [3.05, 3.63) is 136 Å². The summed E-state index contributed by atoms with van der Waals surface area (Å²) < 4.78 is 74.9. The molecule has 8 rings (SSSR count). The van der Waals surface area contributed by atoms with E-state index in [0.717, 1.165) is 68.1 Å². The van der Waals surface area contributed by atoms with Crippen LogP contribution in [0.25, 0.3) is 18.2 Å². The van der Waals surface area contributed by atoms with Crippen LogP contribution >= 0.6 is 0 Å². The molecule has 22 nitrogen and oxygen atoms in total. The van der Waals surface area contributed by atoms with Gasteiger partial charge < -0.3 is 92.2 Å². The molecule has 3 saturated heterocycles. The van der Waals surface area contributed by atoms with E-state index in [1.807, 2.05) is 117 Å². The average molecular weight is 1460 g/mol. The van der Waals surface area contributed by atoms with Crippen LogP contribution in [0.5, 0.6) is 23.0 Å². The highest BCUT2D eigenvalue weighted by Crippen LogP contribution is 2.39. The number of benzene rings is 3. The van der Waals surface area contributed by atoms with E-state index in [0.29, 0.717) is 54.1 Å². The minimum atomic E-state index is -1.15. The minimum Gasteiger partial charge on any atom is -0.507 e. The number of methoxy groups -OCH3 is 2. The molecular formula is C82H118O22. The van der Waals surface area contributed by atoms with E-state index in [-0.39, 0.29) is 66.2 Å². The van der Waals surface area contributed by atoms with Gasteiger partial charge >= 0.3 is 17.9 Å². The van der Waals surface area contributed by atoms with Gasteiger partial charge in [-0.15, -0.1) is 0 Å². The van der Waals surface area contributed by atoms with Gasteiger partial charge in [-0.3, -0.25) is 0 Å². The summed E-state index contributed by atoms with van der Waals surface area (Å²) in [4.78, 5) is 38.5. The molecule has 0 aliphatic carbocycles. The van der Waals surface area contributed by atoms with E-state index in [9.17, 15) is 45.0 Å². The number of aliphatic hydroxyl groups excluding tert-OH is 4. The number of esters is 2. The molecule has 5 aliphatic rings. The van der Waals surface area contributed by atoms with E-state index in [1.165, 1.54) is 7.11 Å². The summed E-state index contributed by atoms with van der Waals surface area (Å²) in [5.41, 5.74) is 4.27. The second kappa shape index (κ2) is 40.8. The smallest absolute Gasteiger partial charge is 0.342 e. The standard InChI is InChI=1S/C28H42O9.C28H40O7.C26H36O6/c1-7-8-16-34-22-14-15-23(35-17-33-6)25(27(31)32)20(22)10-9-11-24-26(37-28(4,5)36-24)21(30)13-12-18(2)19(3)29;1-7-8-10-20-15-21-11-9-12-23-26(35-28(4,5)34-23)22(29)14-13-18(2)19(3)33-27(30)25(21)24(16-20)32-17-31-6;1-6-7-9-18-14-19-10-8-11-22-24(32-26(4,5)31-22)20(27)13-12-16(2)17(3)30-25(29)23(19)21(28)15-18/h9-10,12-15,18-19,21,24,26,29-30H,7-8,11,16-17H2,1-6H3,(H,31,32);9,11,13-16,18-19,22-23,26,29H,7-8,10,12,17H2,1-6H3;8,10,12-17,20,22,24,27-28H,6-7,9,11H2,1-5H3/b10-9+,13-12-;11-9?,14-13-;10-8?,13-12-/t18-,19+,21?,24+,26-;18-,19+,22?,23+,26-;16-,17+,20?,22+,24-/m111/s1. The number of cyclic esters (lactones) is 2. The molecule has 6 N–H and O–H groups in total. The maximum atomic E-state index is 13.4. The van der Waals surface area contributed by atoms with E-state index < -0.39 is 96.3 Å². The molecule has 3 aromatic carbocycles. The summed E-state index contributed by atoms with van der Waals surface area (Å²) >= 11 is 0. The van der Waals surface area contributed by atoms with Gasteiger partial charge in [0.2, 0.25) is 0 Å². The Morgan fingerprint density at radius 2 is 1.11 bits per heavy atom. The first-order chi connectivity index (χ1) is 49.3. The molecule has 578 valence electrons. The van der Waals surface area contributed by atoms with Crippen molar-refractivity contribution in [2.24, 2.45) is 17.8 Å². The Morgan fingerprint density at radius 1 is 0.615 bits per heavy atom. The fourth-order valence-electron chi connectivity index (χ4n) is 12.4. The predicted molar refractivity (Wildman–Crippen MR) is 397 cm³/mol. The third-order valence-corrected chi connectivity index (χ3v) is 18.6. The van der Waals surface area contributed by atoms with Crippen LogP contribution in [-0.4, -0.2) is 174 Å². The third kappa shape index (κ3) is 25.5. The Bertz CT molecular complexity index is 3420. The number of aromatic hydroxyl groups is 1. The molecule has 3 unspecified atom stereocenters. The number of carboxylic acids is 1. The van der Waals surface area contributed by atoms with E-state index in [4.69, 9.17) is 61.6 Å². The largest absolute Gasteiger partial charge is 0.507 e. The van der Waals surface area contributed by atoms with Gasteiger partial charge in [0.05, 0.1) is 31.0 Å². The van der Waals surface area contributed by atoms with Crippen LogP contribution in [0.1, 0.15) is 221 Å². The molecule has 0 bridgehead atoms. The summed E-state index contributed by atoms with van der Waals surface area (Å²) in [7, 11) is 3.00. The number of hydrogen-bond donors (Lipinski definition) is 6. The third-order valence-electron chi connectivity index (χ3n) is 18.6. The minimum absolute atomic E-state index is 0.0251. The van der Waals surface area contributed by atoms with Gasteiger partial charge in [-0.25, -0.2) is 14.4 Å². The summed E-state index contributed by atoms with van der Waals surface area (Å²) in [6, 6.07) is 10.8. The van der Waals surface area contributed by atoms with Crippen molar-refractivity contribution in [2.45, 2.75) is 265 Å². The van der Waals surface area contributed by atoms with Gasteiger partial charge in [-0.1, -0.05) is 146 Å². The van der Waals surface area contributed by atoms with Crippen molar-refractivity contribution in [1.82, 2.24) is 0 Å². The second-order valence-electron chi connectivity index (χ2n) is 28.8. The second-order valence-corrected chi connectivity index (χ2v) is 28.8. The van der Waals surface area contributed by atoms with Gasteiger partial charge in [0.25, 0.3) is 0 Å². The van der Waals surface area contributed by atoms with Crippen molar-refractivity contribution in [1.29, 1.82) is 0 Å². The molecule has 3 aromatic rings. The molecule has 0 amide bonds. The molecule has 0 radical (unpaired) electrons. The molecule has 3 fully saturated rings. The number of aryl methyl sites for hydroxylation is 2. The number of aromatic carboxylic acids is 1. The Hall–Kier alpha value is -6.77. The normalized spacial score (nSPS) is 27.4. The molecule has 0 spiro atoms. The van der Waals surface area contributed by atoms with Gasteiger partial charge in [0.1, 0.15) is 88.5 Å². The topological polar surface area (TPSA) is 293 Å². The number of aliphatic hydroxyl groups is 4. The van der Waals surface area contributed by atoms with Crippen LogP contribution < -0.4 is 14.2 Å². The molecular weight excluding hydrogens is 1340 g/mol. The van der Waals surface area contributed by atoms with Crippen LogP contribution in [0.2, 0.25) is 0 Å². The zero-order valence-corrected chi connectivity index (χ0v) is 64.2. The molecule has 0 saturated carbocycles. The lowest BCUT2D eigenvalue weighted by atomic mass is 9.97. The van der Waals surface area contributed by atoms with E-state index in [1.54, 1.807) is 89.5 Å². The van der Waals surface area contributed by atoms with E-state index >= 15 is 0 Å². The fourth-order valence-corrected chi connectivity index (χ4v) is 12.4. The number of rotatable bonds is 24. The Balaban J connectivity index is 0.000000245. The van der Waals surface area contributed by atoms with Crippen LogP contribution in [0.3, 0.4) is 0 Å². The Kier molecular flexibility index (Phi) is 33.8. The molecule has 0 aromatic heterocycles. The summed E-state index contributed by atoms with van der Waals surface area (Å²) in [6.45, 7) is 28.6. The lowest BCUT2D eigenvalue weighted by molar-refractivity contribution is -0.152. The molecule has 22 heteroatoms. The summed E-state index contributed by atoms with van der Waals surface area (Å²) in [6.07, 6.45) is 23.5. The van der Waals surface area contributed by atoms with Gasteiger partial charge in [-0.05, 0) is 166 Å². The summed E-state index contributed by atoms with van der Waals surface area (Å²) in [5.74, 6) is -4.08. The quantitative estimate of drug-likeness (QED) is 0.0210. The molecule has 5 heterocycles. The van der Waals surface area contributed by atoms with Crippen LogP contribution in [0.4, 0.5) is 0 Å². The van der Waals surface area contributed by atoms with Crippen LogP contribution in [0.15, 0.2) is 91.1 Å². The number of hydrogen-bond acceptors (Lipinski definition) is 21. The highest BCUT2D eigenvalue weighted by molar-refractivity contribution is 5.98. The predicted octanol–water partition coefficient (Wildman–Crippen LogP) is 14.2. The van der Waals surface area contributed by atoms with Crippen LogP contribution in [0, 0.1) is 17.8 Å². The highest BCUT2D eigenvalue weighted by Gasteiger charge is 2.46. The monoisotopic (exact) mass is 1450 g/mol. The number of phenolic OH excluding ortho intramolecular Hbond substituents is 1. The number of unbranched alkanes of at least 4 members (excludes halogenated alkanes) is 3. The zero-order valence-electron chi connectivity index (χ0n) is 64.2. The summed E-state index contributed by atoms with van der Waals surface area (Å²) in [5, 5.41) is 62.7. The number of fused-ring (bicyclic) bond motifs is 4. The van der Waals surface area contributed by atoms with Crippen LogP contribution in [-0.2, 0) is 60.2 Å². The van der Waals surface area contributed by atoms with Gasteiger partial charge in [-0.2, -0.15) is 0 Å². The Morgan fingerprint density at radius 3 is 1.62 bits per heavy atom. The highest BCUT2D eigenvalue weighted by atomic mass is 16.8. The number of ether oxygens (including phenoxy) is 13. The maximum absolute atomic E-state index is 13.4. The van der Waals surface area contributed by atoms with Crippen molar-refractivity contribution >= 4 is 36.1 Å². The van der Waals surface area contributed by atoms with Crippen molar-refractivity contribution in [3.63, 3.8) is 0 Å². The number of phenols is 1. The van der Waals surface area contributed by atoms with Crippen molar-refractivity contribution < 1.29 is 107 Å². The maximum Gasteiger partial charge on any atom is 0.342 e. The number of carboxylic acid groups (broad SMARTS) is 1. The van der Waals surface area contributed by atoms with Gasteiger partial charge in [0, 0.05) is 31.6 Å². The lowest BCUT2D eigenvalue weighted by Gasteiger charge is -2.23. The molecule has 15 atom stereocenters. The SMILES string of the molecule is CCCCOc1ccc(OCOC)c(C(=O)O)c1/C=C/C[C@@H]1OC(C)(C)O[C@@H]1C(O)/C=C\[C@@H](C)[C@H](C)O.CCCCc1cc(O)c2c(c1)C=CC[C@@H]1OC(C)(C)O[C@@H]1C(O)/C=C\[C@@H](C)[C@H](C)OC2=O.CCCCc1cc2c(c(OCOC)c1)C(=O)O[C@@H](C)[C@H](C)/C=C\C(O)[C@H]1OC(C)(C)O[C@H]1CC=C2. The fraction of sp³-hybridized carbons (Fsp3) is 0.598. The first kappa shape index (κ1) is 86.2. The average Bonchev–Trinajstić information content (AvgIpc) is 0.886. The molecule has 5 aliphatic heterocycles. The van der Waals surface area contributed by atoms with Crippen molar-refractivity contribution in [2.75, 3.05) is 34.4 Å².